The molecule has 0 amide bonds. The first-order valence-corrected chi connectivity index (χ1v) is 31.0. The van der Waals surface area contributed by atoms with Crippen LogP contribution in [0.25, 0.3) is 0 Å². The predicted molar refractivity (Wildman–Crippen MR) is 298 cm³/mol. The molecule has 4 aliphatic rings. The van der Waals surface area contributed by atoms with E-state index in [4.69, 9.17) is 61.9 Å². The van der Waals surface area contributed by atoms with Crippen LogP contribution in [0.2, 0.25) is 20.1 Å². The SMILES string of the molecule is Cc1ccc(N(c2ccc(C)cc2)c2ccc3[c]4c2Oc2cc(C)cc5[c]2[Sb]42([O]c4c(Cl)c(Cl)c(Cl)c(Cl)c4[O]2)[c]2c(ccc(N(c4ccc(C)cc4)c4ccc(C)cc4)c2O5)N3c2ccc(C)cc2)cc1. The third-order valence-corrected chi connectivity index (χ3v) is 29.6. The minimum absolute atomic E-state index is 0.0593. The number of fused-ring (bicyclic) bond motifs is 1. The molecule has 13 rings (SSSR count). The summed E-state index contributed by atoms with van der Waals surface area (Å²) in [5, 5.41) is 0.297. The van der Waals surface area contributed by atoms with Crippen molar-refractivity contribution in [2.45, 2.75) is 41.5 Å². The van der Waals surface area contributed by atoms with Crippen LogP contribution in [-0.4, -0.2) is 18.2 Å². The number of anilines is 9. The Kier molecular flexibility index (Phi) is 10.3. The van der Waals surface area contributed by atoms with E-state index >= 15 is 0 Å². The van der Waals surface area contributed by atoms with Crippen LogP contribution in [0, 0.1) is 41.5 Å². The van der Waals surface area contributed by atoms with E-state index in [1.54, 1.807) is 0 Å². The molecule has 0 saturated carbocycles. The first-order valence-electron chi connectivity index (χ1n) is 23.6. The Morgan fingerprint density at radius 3 is 1.04 bits per heavy atom. The molecule has 0 unspecified atom stereocenters. The molecule has 0 aliphatic carbocycles. The topological polar surface area (TPSA) is 46.6 Å². The van der Waals surface area contributed by atoms with Crippen LogP contribution in [0.4, 0.5) is 51.2 Å². The van der Waals surface area contributed by atoms with Crippen molar-refractivity contribution in [3.63, 3.8) is 0 Å². The molecule has 1 spiro atoms. The number of hydrogen-bond donors (Lipinski definition) is 0. The molecular formula is C60H44Cl4N3O4Sb. The number of aryl methyl sites for hydroxylation is 6. The van der Waals surface area contributed by atoms with Crippen LogP contribution in [0.15, 0.2) is 158 Å². The summed E-state index contributed by atoms with van der Waals surface area (Å²) >= 11 is 22.3. The van der Waals surface area contributed by atoms with Crippen molar-refractivity contribution in [2.75, 3.05) is 14.7 Å². The van der Waals surface area contributed by atoms with Crippen molar-refractivity contribution in [1.29, 1.82) is 0 Å². The molecule has 4 aliphatic heterocycles. The summed E-state index contributed by atoms with van der Waals surface area (Å²) in [6, 6.07) is 55.3. The van der Waals surface area contributed by atoms with Crippen molar-refractivity contribution < 1.29 is 15.5 Å². The Bertz CT molecular complexity index is 3470. The molecule has 72 heavy (non-hydrogen) atoms. The van der Waals surface area contributed by atoms with Gasteiger partial charge in [0.05, 0.1) is 0 Å². The van der Waals surface area contributed by atoms with Crippen molar-refractivity contribution >= 4 is 126 Å². The molecule has 7 nitrogen and oxygen atoms in total. The zero-order valence-electron chi connectivity index (χ0n) is 39.9. The normalized spacial score (nSPS) is 15.0. The molecule has 9 aromatic carbocycles. The van der Waals surface area contributed by atoms with Gasteiger partial charge in [-0.25, -0.2) is 0 Å². The predicted octanol–water partition coefficient (Wildman–Crippen LogP) is 17.0. The van der Waals surface area contributed by atoms with Gasteiger partial charge in [0.15, 0.2) is 0 Å². The average Bonchev–Trinajstić information content (AvgIpc) is 3.72. The number of benzene rings is 9. The Balaban J connectivity index is 1.24. The van der Waals surface area contributed by atoms with E-state index in [-0.39, 0.29) is 31.6 Å². The van der Waals surface area contributed by atoms with Gasteiger partial charge < -0.3 is 0 Å². The van der Waals surface area contributed by atoms with Gasteiger partial charge in [-0.1, -0.05) is 0 Å². The van der Waals surface area contributed by atoms with E-state index in [9.17, 15) is 0 Å². The van der Waals surface area contributed by atoms with E-state index in [1.807, 2.05) is 19.1 Å². The molecular weight excluding hydrogens is 1090 g/mol. The van der Waals surface area contributed by atoms with E-state index in [0.29, 0.717) is 26.5 Å². The summed E-state index contributed by atoms with van der Waals surface area (Å²) < 4.78 is 33.6. The molecule has 0 saturated heterocycles. The monoisotopic (exact) mass is 1130 g/mol. The van der Waals surface area contributed by atoms with E-state index in [2.05, 4.69) is 195 Å². The molecule has 9 aromatic rings. The summed E-state index contributed by atoms with van der Waals surface area (Å²) in [4.78, 5) is 6.74. The average molecular weight is 1130 g/mol. The van der Waals surface area contributed by atoms with E-state index in [1.165, 1.54) is 0 Å². The first-order chi connectivity index (χ1) is 34.7. The van der Waals surface area contributed by atoms with Gasteiger partial charge in [0.1, 0.15) is 0 Å². The molecule has 0 fully saturated rings. The van der Waals surface area contributed by atoms with E-state index in [0.717, 1.165) is 91.6 Å². The van der Waals surface area contributed by atoms with Crippen LogP contribution < -0.4 is 40.7 Å². The Morgan fingerprint density at radius 1 is 0.361 bits per heavy atom. The molecule has 0 atom stereocenters. The number of hydrogen-bond acceptors (Lipinski definition) is 7. The van der Waals surface area contributed by atoms with Gasteiger partial charge in [0, 0.05) is 0 Å². The fourth-order valence-corrected chi connectivity index (χ4v) is 27.8. The summed E-state index contributed by atoms with van der Waals surface area (Å²) in [5.41, 5.74) is 14.3. The second-order valence-corrected chi connectivity index (χ2v) is 31.0. The fourth-order valence-electron chi connectivity index (χ4n) is 10.8. The maximum absolute atomic E-state index is 8.15. The number of halogens is 4. The van der Waals surface area contributed by atoms with Gasteiger partial charge in [-0.2, -0.15) is 0 Å². The molecule has 0 aromatic heterocycles. The number of nitrogens with zero attached hydrogens (tertiary/aromatic N) is 3. The summed E-state index contributed by atoms with van der Waals surface area (Å²) in [6.45, 7) is 12.5. The van der Waals surface area contributed by atoms with Gasteiger partial charge in [0.2, 0.25) is 0 Å². The minimum atomic E-state index is -6.56. The van der Waals surface area contributed by atoms with Gasteiger partial charge in [-0.3, -0.25) is 0 Å². The van der Waals surface area contributed by atoms with Crippen molar-refractivity contribution in [1.82, 2.24) is 0 Å². The zero-order chi connectivity index (χ0) is 49.6. The van der Waals surface area contributed by atoms with Gasteiger partial charge in [-0.15, -0.1) is 0 Å². The first kappa shape index (κ1) is 45.4. The molecule has 356 valence electrons. The molecule has 12 heteroatoms. The summed E-state index contributed by atoms with van der Waals surface area (Å²) in [5.74, 6) is 2.56. The van der Waals surface area contributed by atoms with Gasteiger partial charge in [0.25, 0.3) is 0 Å². The second-order valence-electron chi connectivity index (χ2n) is 19.1. The van der Waals surface area contributed by atoms with Crippen LogP contribution in [0.1, 0.15) is 33.4 Å². The molecule has 0 bridgehead atoms. The quantitative estimate of drug-likeness (QED) is 0.0895. The van der Waals surface area contributed by atoms with Crippen LogP contribution in [0.3, 0.4) is 0 Å². The van der Waals surface area contributed by atoms with Crippen molar-refractivity contribution in [2.24, 2.45) is 0 Å². The number of rotatable bonds is 7. The van der Waals surface area contributed by atoms with Crippen LogP contribution >= 0.6 is 46.4 Å². The van der Waals surface area contributed by atoms with Gasteiger partial charge >= 0.3 is 444 Å². The van der Waals surface area contributed by atoms with E-state index < -0.39 is 18.2 Å². The fraction of sp³-hybridized carbons (Fsp3) is 0.100. The summed E-state index contributed by atoms with van der Waals surface area (Å²) in [7, 11) is 0. The third-order valence-electron chi connectivity index (χ3n) is 14.1. The number of ether oxygens (including phenoxy) is 2. The summed E-state index contributed by atoms with van der Waals surface area (Å²) in [6.07, 6.45) is 0. The molecule has 0 N–H and O–H groups in total. The Morgan fingerprint density at radius 2 is 0.694 bits per heavy atom. The van der Waals surface area contributed by atoms with Crippen molar-refractivity contribution in [3.05, 3.63) is 211 Å². The van der Waals surface area contributed by atoms with Gasteiger partial charge in [-0.05, 0) is 0 Å². The van der Waals surface area contributed by atoms with Crippen LogP contribution in [0.5, 0.6) is 34.5 Å². The Labute approximate surface area is 440 Å². The molecule has 4 heterocycles. The Hall–Kier alpha value is -6.44. The maximum atomic E-state index is 8.15. The third kappa shape index (κ3) is 6.37. The standard InChI is InChI=1S/C54H44N3O2.C6H2Cl4O2.Sb/c1-36-7-17-42(18-8-36)55-47-27-29-51(56(43-19-9-37(2)10-20-43)44-21-11-38(3)12-22-44)53(33-47)58-49-31-41(6)32-50(35-49)59-54-34-48(55)28-30-52(54)57(45-23-13-39(4)14-24-45)46-25-15-40(5)16-26-46;7-1-2(8)4(10)6(12)5(11)3(1)9;/h7-32H,1-6H3;11-12H;/q;;+2/p-2. The zero-order valence-corrected chi connectivity index (χ0v) is 45.5. The second kappa shape index (κ2) is 16.3. The van der Waals surface area contributed by atoms with Crippen molar-refractivity contribution in [3.8, 4) is 34.5 Å². The van der Waals surface area contributed by atoms with Crippen LogP contribution in [-0.2, 0) is 0 Å². The molecule has 0 radical (unpaired) electrons.